The molecule has 0 aliphatic carbocycles. The molecule has 1 heterocycles. The summed E-state index contributed by atoms with van der Waals surface area (Å²) >= 11 is 0. The van der Waals surface area contributed by atoms with Gasteiger partial charge in [-0.05, 0) is 26.7 Å². The predicted molar refractivity (Wildman–Crippen MR) is 94.5 cm³/mol. The van der Waals surface area contributed by atoms with Gasteiger partial charge in [-0.1, -0.05) is 29.8 Å². The van der Waals surface area contributed by atoms with Crippen LogP contribution in [0.15, 0.2) is 24.3 Å². The summed E-state index contributed by atoms with van der Waals surface area (Å²) < 4.78 is 4.97. The molecule has 1 N–H and O–H groups in total. The fourth-order valence-corrected chi connectivity index (χ4v) is 2.83. The Morgan fingerprint density at radius 1 is 1.12 bits per heavy atom. The van der Waals surface area contributed by atoms with Crippen LogP contribution in [0.3, 0.4) is 0 Å². The third-order valence-electron chi connectivity index (χ3n) is 4.34. The molecule has 0 radical (unpaired) electrons. The van der Waals surface area contributed by atoms with Crippen molar-refractivity contribution in [2.75, 3.05) is 19.7 Å². The smallest absolute Gasteiger partial charge is 0.409 e. The highest BCUT2D eigenvalue weighted by Crippen LogP contribution is 2.12. The van der Waals surface area contributed by atoms with Gasteiger partial charge < -0.3 is 15.0 Å². The van der Waals surface area contributed by atoms with Gasteiger partial charge in [0.1, 0.15) is 0 Å². The Bertz CT molecular complexity index is 604. The molecule has 6 nitrogen and oxygen atoms in total. The van der Waals surface area contributed by atoms with Crippen molar-refractivity contribution >= 4 is 17.8 Å². The number of piperidine rings is 1. The van der Waals surface area contributed by atoms with E-state index < -0.39 is 0 Å². The van der Waals surface area contributed by atoms with Crippen molar-refractivity contribution in [1.29, 1.82) is 0 Å². The highest BCUT2D eigenvalue weighted by Gasteiger charge is 2.24. The minimum Gasteiger partial charge on any atom is -0.450 e. The van der Waals surface area contributed by atoms with Crippen LogP contribution in [-0.2, 0) is 9.53 Å². The van der Waals surface area contributed by atoms with Crippen LogP contribution >= 0.6 is 0 Å². The third kappa shape index (κ3) is 5.89. The number of Topliss-reactive ketones (excluding diaryl/α,β-unsaturated/α-hetero) is 1. The first-order valence-electron chi connectivity index (χ1n) is 8.80. The highest BCUT2D eigenvalue weighted by molar-refractivity contribution is 5.98. The molecule has 1 aromatic rings. The van der Waals surface area contributed by atoms with Gasteiger partial charge in [0.15, 0.2) is 5.78 Å². The Balaban J connectivity index is 1.70. The lowest BCUT2D eigenvalue weighted by Crippen LogP contribution is -2.46. The molecule has 2 rings (SSSR count). The Kier molecular flexibility index (Phi) is 6.98. The summed E-state index contributed by atoms with van der Waals surface area (Å²) in [5, 5.41) is 2.96. The molecule has 0 unspecified atom stereocenters. The van der Waals surface area contributed by atoms with Crippen molar-refractivity contribution in [3.05, 3.63) is 35.4 Å². The lowest BCUT2D eigenvalue weighted by atomic mass is 10.0. The van der Waals surface area contributed by atoms with Crippen LogP contribution in [0.5, 0.6) is 0 Å². The Labute approximate surface area is 148 Å². The molecule has 1 aliphatic rings. The second-order valence-corrected chi connectivity index (χ2v) is 6.32. The van der Waals surface area contributed by atoms with Crippen molar-refractivity contribution in [3.63, 3.8) is 0 Å². The van der Waals surface area contributed by atoms with Gasteiger partial charge in [-0.3, -0.25) is 9.59 Å². The van der Waals surface area contributed by atoms with Gasteiger partial charge in [-0.2, -0.15) is 0 Å². The fraction of sp³-hybridized carbons (Fsp3) is 0.526. The van der Waals surface area contributed by atoms with Crippen LogP contribution in [0.4, 0.5) is 4.79 Å². The van der Waals surface area contributed by atoms with E-state index in [-0.39, 0.29) is 36.7 Å². The van der Waals surface area contributed by atoms with E-state index in [4.69, 9.17) is 4.74 Å². The fourth-order valence-electron chi connectivity index (χ4n) is 2.83. The summed E-state index contributed by atoms with van der Waals surface area (Å²) in [6.07, 6.45) is 1.50. The first-order valence-corrected chi connectivity index (χ1v) is 8.80. The van der Waals surface area contributed by atoms with Gasteiger partial charge in [0.25, 0.3) is 0 Å². The third-order valence-corrected chi connectivity index (χ3v) is 4.34. The van der Waals surface area contributed by atoms with Crippen LogP contribution in [0.25, 0.3) is 0 Å². The number of carbonyl (C=O) groups excluding carboxylic acids is 3. The van der Waals surface area contributed by atoms with Crippen LogP contribution in [0, 0.1) is 6.92 Å². The second-order valence-electron chi connectivity index (χ2n) is 6.32. The first kappa shape index (κ1) is 19.0. The Hall–Kier alpha value is -2.37. The van der Waals surface area contributed by atoms with Crippen LogP contribution in [-0.4, -0.2) is 48.4 Å². The molecule has 25 heavy (non-hydrogen) atoms. The number of nitrogens with one attached hydrogen (secondary N) is 1. The standard InChI is InChI=1S/C19H26N2O4/c1-3-25-19(24)21-12-10-16(11-13-21)20-18(23)9-8-17(22)15-6-4-14(2)5-7-15/h4-7,16H,3,8-13H2,1-2H3,(H,20,23). The average molecular weight is 346 g/mol. The molecule has 0 atom stereocenters. The number of carbonyl (C=O) groups is 3. The molecule has 136 valence electrons. The molecule has 0 bridgehead atoms. The normalized spacial score (nSPS) is 14.9. The van der Waals surface area contributed by atoms with Crippen LogP contribution in [0.1, 0.15) is 48.5 Å². The number of amides is 2. The minimum absolute atomic E-state index is 0.0210. The molecule has 1 aliphatic heterocycles. The minimum atomic E-state index is -0.295. The summed E-state index contributed by atoms with van der Waals surface area (Å²) in [6, 6.07) is 7.42. The van der Waals surface area contributed by atoms with Crippen molar-refractivity contribution in [1.82, 2.24) is 10.2 Å². The molecule has 2 amide bonds. The first-order chi connectivity index (χ1) is 12.0. The van der Waals surface area contributed by atoms with E-state index in [1.54, 1.807) is 24.0 Å². The van der Waals surface area contributed by atoms with Gasteiger partial charge in [0, 0.05) is 37.5 Å². The van der Waals surface area contributed by atoms with Crippen molar-refractivity contribution < 1.29 is 19.1 Å². The molecule has 0 aromatic heterocycles. The quantitative estimate of drug-likeness (QED) is 0.804. The maximum Gasteiger partial charge on any atom is 0.409 e. The van der Waals surface area contributed by atoms with Gasteiger partial charge in [-0.15, -0.1) is 0 Å². The molecule has 6 heteroatoms. The summed E-state index contributed by atoms with van der Waals surface area (Å²) in [5.74, 6) is -0.137. The molecule has 1 aromatic carbocycles. The van der Waals surface area contributed by atoms with E-state index in [9.17, 15) is 14.4 Å². The number of aryl methyl sites for hydroxylation is 1. The number of nitrogens with zero attached hydrogens (tertiary/aromatic N) is 1. The van der Waals surface area contributed by atoms with E-state index in [2.05, 4.69) is 5.32 Å². The summed E-state index contributed by atoms with van der Waals surface area (Å²) in [4.78, 5) is 37.4. The Morgan fingerprint density at radius 2 is 1.76 bits per heavy atom. The SMILES string of the molecule is CCOC(=O)N1CCC(NC(=O)CCC(=O)c2ccc(C)cc2)CC1. The predicted octanol–water partition coefficient (Wildman–Crippen LogP) is 2.70. The zero-order valence-corrected chi connectivity index (χ0v) is 14.9. The number of ether oxygens (including phenoxy) is 1. The van der Waals surface area contributed by atoms with E-state index in [0.29, 0.717) is 38.1 Å². The van der Waals surface area contributed by atoms with Gasteiger partial charge in [0.2, 0.25) is 5.91 Å². The van der Waals surface area contributed by atoms with Crippen molar-refractivity contribution in [2.45, 2.75) is 45.6 Å². The number of benzene rings is 1. The molecule has 0 spiro atoms. The number of hydrogen-bond acceptors (Lipinski definition) is 4. The summed E-state index contributed by atoms with van der Waals surface area (Å²) in [7, 11) is 0. The monoisotopic (exact) mass is 346 g/mol. The molecular formula is C19H26N2O4. The van der Waals surface area contributed by atoms with Gasteiger partial charge in [0.05, 0.1) is 6.61 Å². The number of ketones is 1. The lowest BCUT2D eigenvalue weighted by molar-refractivity contribution is -0.122. The molecular weight excluding hydrogens is 320 g/mol. The maximum atomic E-state index is 12.1. The molecule has 1 saturated heterocycles. The maximum absolute atomic E-state index is 12.1. The highest BCUT2D eigenvalue weighted by atomic mass is 16.6. The molecule has 1 fully saturated rings. The van der Waals surface area contributed by atoms with E-state index >= 15 is 0 Å². The summed E-state index contributed by atoms with van der Waals surface area (Å²) in [5.41, 5.74) is 1.74. The van der Waals surface area contributed by atoms with Crippen molar-refractivity contribution in [2.24, 2.45) is 0 Å². The number of hydrogen-bond donors (Lipinski definition) is 1. The van der Waals surface area contributed by atoms with E-state index in [1.807, 2.05) is 19.1 Å². The summed E-state index contributed by atoms with van der Waals surface area (Å²) in [6.45, 7) is 5.26. The van der Waals surface area contributed by atoms with Gasteiger partial charge >= 0.3 is 6.09 Å². The Morgan fingerprint density at radius 3 is 2.36 bits per heavy atom. The van der Waals surface area contributed by atoms with Gasteiger partial charge in [-0.25, -0.2) is 4.79 Å². The van der Waals surface area contributed by atoms with Crippen molar-refractivity contribution in [3.8, 4) is 0 Å². The number of likely N-dealkylation sites (tertiary alicyclic amines) is 1. The topological polar surface area (TPSA) is 75.7 Å². The number of rotatable bonds is 6. The lowest BCUT2D eigenvalue weighted by Gasteiger charge is -2.31. The van der Waals surface area contributed by atoms with E-state index in [1.165, 1.54) is 0 Å². The average Bonchev–Trinajstić information content (AvgIpc) is 2.61. The zero-order valence-electron chi connectivity index (χ0n) is 14.9. The van der Waals surface area contributed by atoms with Crippen LogP contribution < -0.4 is 5.32 Å². The molecule has 0 saturated carbocycles. The second kappa shape index (κ2) is 9.20. The van der Waals surface area contributed by atoms with Crippen LogP contribution in [0.2, 0.25) is 0 Å². The zero-order chi connectivity index (χ0) is 18.2. The van der Waals surface area contributed by atoms with E-state index in [0.717, 1.165) is 5.56 Å². The largest absolute Gasteiger partial charge is 0.450 e.